The van der Waals surface area contributed by atoms with Gasteiger partial charge in [-0.3, -0.25) is 4.79 Å². The second kappa shape index (κ2) is 6.20. The lowest BCUT2D eigenvalue weighted by molar-refractivity contribution is 0.102. The van der Waals surface area contributed by atoms with Crippen molar-refractivity contribution in [3.8, 4) is 9.88 Å². The summed E-state index contributed by atoms with van der Waals surface area (Å²) < 4.78 is 0. The van der Waals surface area contributed by atoms with Crippen molar-refractivity contribution in [2.24, 2.45) is 0 Å². The van der Waals surface area contributed by atoms with Crippen LogP contribution in [-0.4, -0.2) is 10.9 Å². The molecule has 1 N–H and O–H groups in total. The van der Waals surface area contributed by atoms with Gasteiger partial charge in [-0.25, -0.2) is 4.98 Å². The SMILES string of the molecule is CCc1cccc(NC(=O)c2csc(-c3cccs3)n2)c1. The van der Waals surface area contributed by atoms with Crippen LogP contribution < -0.4 is 5.32 Å². The Kier molecular flexibility index (Phi) is 4.13. The Labute approximate surface area is 131 Å². The number of nitrogens with one attached hydrogen (secondary N) is 1. The predicted octanol–water partition coefficient (Wildman–Crippen LogP) is 4.69. The van der Waals surface area contributed by atoms with Crippen molar-refractivity contribution in [3.05, 3.63) is 58.4 Å². The molecule has 0 aliphatic rings. The van der Waals surface area contributed by atoms with Gasteiger partial charge in [0.2, 0.25) is 0 Å². The summed E-state index contributed by atoms with van der Waals surface area (Å²) in [5, 5.41) is 7.59. The summed E-state index contributed by atoms with van der Waals surface area (Å²) in [5.41, 5.74) is 2.47. The van der Waals surface area contributed by atoms with Crippen molar-refractivity contribution in [2.45, 2.75) is 13.3 Å². The standard InChI is InChI=1S/C16H14N2OS2/c1-2-11-5-3-6-12(9-11)17-15(19)13-10-21-16(18-13)14-7-4-8-20-14/h3-10H,2H2,1H3,(H,17,19). The number of anilines is 1. The van der Waals surface area contributed by atoms with Gasteiger partial charge in [0.1, 0.15) is 10.7 Å². The summed E-state index contributed by atoms with van der Waals surface area (Å²) in [6.45, 7) is 2.09. The molecule has 0 aliphatic carbocycles. The van der Waals surface area contributed by atoms with Crippen LogP contribution >= 0.6 is 22.7 Å². The van der Waals surface area contributed by atoms with E-state index in [2.05, 4.69) is 17.2 Å². The first kappa shape index (κ1) is 14.0. The Morgan fingerprint density at radius 1 is 1.24 bits per heavy atom. The summed E-state index contributed by atoms with van der Waals surface area (Å²) >= 11 is 3.12. The first-order valence-electron chi connectivity index (χ1n) is 6.66. The van der Waals surface area contributed by atoms with Gasteiger partial charge in [0.05, 0.1) is 4.88 Å². The molecule has 106 valence electrons. The monoisotopic (exact) mass is 314 g/mol. The fourth-order valence-electron chi connectivity index (χ4n) is 1.96. The predicted molar refractivity (Wildman–Crippen MR) is 89.2 cm³/mol. The van der Waals surface area contributed by atoms with E-state index in [0.717, 1.165) is 22.0 Å². The first-order valence-corrected chi connectivity index (χ1v) is 8.42. The second-order valence-electron chi connectivity index (χ2n) is 4.52. The maximum atomic E-state index is 12.2. The van der Waals surface area contributed by atoms with E-state index in [9.17, 15) is 4.79 Å². The third kappa shape index (κ3) is 3.20. The van der Waals surface area contributed by atoms with Crippen LogP contribution in [0.4, 0.5) is 5.69 Å². The zero-order valence-corrected chi connectivity index (χ0v) is 13.1. The highest BCUT2D eigenvalue weighted by molar-refractivity contribution is 7.20. The van der Waals surface area contributed by atoms with E-state index in [0.29, 0.717) is 5.69 Å². The van der Waals surface area contributed by atoms with Crippen LogP contribution in [-0.2, 0) is 6.42 Å². The third-order valence-electron chi connectivity index (χ3n) is 3.06. The van der Waals surface area contributed by atoms with Crippen molar-refractivity contribution in [1.29, 1.82) is 0 Å². The zero-order chi connectivity index (χ0) is 14.7. The number of thiazole rings is 1. The maximum Gasteiger partial charge on any atom is 0.275 e. The number of nitrogens with zero attached hydrogens (tertiary/aromatic N) is 1. The minimum absolute atomic E-state index is 0.165. The fourth-order valence-corrected chi connectivity index (χ4v) is 3.57. The van der Waals surface area contributed by atoms with E-state index in [-0.39, 0.29) is 5.91 Å². The molecule has 1 aromatic carbocycles. The van der Waals surface area contributed by atoms with E-state index in [1.807, 2.05) is 41.8 Å². The molecule has 0 saturated heterocycles. The molecular formula is C16H14N2OS2. The molecule has 2 aromatic heterocycles. The second-order valence-corrected chi connectivity index (χ2v) is 6.33. The summed E-state index contributed by atoms with van der Waals surface area (Å²) in [4.78, 5) is 17.7. The molecule has 3 nitrogen and oxygen atoms in total. The van der Waals surface area contributed by atoms with E-state index < -0.39 is 0 Å². The average Bonchev–Trinajstić information content (AvgIpc) is 3.18. The van der Waals surface area contributed by atoms with Crippen molar-refractivity contribution in [2.75, 3.05) is 5.32 Å². The first-order chi connectivity index (χ1) is 10.3. The molecule has 3 aromatic rings. The summed E-state index contributed by atoms with van der Waals surface area (Å²) in [5.74, 6) is -0.165. The summed E-state index contributed by atoms with van der Waals surface area (Å²) in [6.07, 6.45) is 0.947. The number of carbonyl (C=O) groups is 1. The van der Waals surface area contributed by atoms with Gasteiger partial charge < -0.3 is 5.32 Å². The highest BCUT2D eigenvalue weighted by atomic mass is 32.1. The lowest BCUT2D eigenvalue weighted by Gasteiger charge is -2.04. The molecule has 1 amide bonds. The zero-order valence-electron chi connectivity index (χ0n) is 11.5. The molecule has 5 heteroatoms. The maximum absolute atomic E-state index is 12.2. The van der Waals surface area contributed by atoms with Crippen molar-refractivity contribution >= 4 is 34.3 Å². The number of rotatable bonds is 4. The molecular weight excluding hydrogens is 300 g/mol. The number of hydrogen-bond acceptors (Lipinski definition) is 4. The van der Waals surface area contributed by atoms with Gasteiger partial charge in [0.25, 0.3) is 5.91 Å². The van der Waals surface area contributed by atoms with Crippen molar-refractivity contribution in [1.82, 2.24) is 4.98 Å². The van der Waals surface area contributed by atoms with E-state index in [1.54, 1.807) is 16.7 Å². The van der Waals surface area contributed by atoms with Crippen LogP contribution in [0.2, 0.25) is 0 Å². The minimum Gasteiger partial charge on any atom is -0.321 e. The average molecular weight is 314 g/mol. The van der Waals surface area contributed by atoms with E-state index >= 15 is 0 Å². The van der Waals surface area contributed by atoms with Gasteiger partial charge >= 0.3 is 0 Å². The third-order valence-corrected chi connectivity index (χ3v) is 4.94. The number of carbonyl (C=O) groups excluding carboxylic acids is 1. The lowest BCUT2D eigenvalue weighted by atomic mass is 10.1. The van der Waals surface area contributed by atoms with E-state index in [1.165, 1.54) is 16.9 Å². The molecule has 0 fully saturated rings. The van der Waals surface area contributed by atoms with Crippen LogP contribution in [0.5, 0.6) is 0 Å². The minimum atomic E-state index is -0.165. The number of aromatic nitrogens is 1. The van der Waals surface area contributed by atoms with Crippen LogP contribution in [0.25, 0.3) is 9.88 Å². The van der Waals surface area contributed by atoms with Gasteiger partial charge in [-0.2, -0.15) is 0 Å². The molecule has 0 spiro atoms. The summed E-state index contributed by atoms with van der Waals surface area (Å²) in [7, 11) is 0. The highest BCUT2D eigenvalue weighted by Gasteiger charge is 2.12. The Bertz CT molecular complexity index is 747. The Hall–Kier alpha value is -1.98. The molecule has 0 atom stereocenters. The van der Waals surface area contributed by atoms with Gasteiger partial charge in [-0.05, 0) is 35.6 Å². The summed E-state index contributed by atoms with van der Waals surface area (Å²) in [6, 6.07) is 11.9. The number of hydrogen-bond donors (Lipinski definition) is 1. The molecule has 3 rings (SSSR count). The molecule has 0 unspecified atom stereocenters. The normalized spacial score (nSPS) is 10.5. The lowest BCUT2D eigenvalue weighted by Crippen LogP contribution is -2.12. The number of thiophene rings is 1. The van der Waals surface area contributed by atoms with Crippen LogP contribution in [0.3, 0.4) is 0 Å². The van der Waals surface area contributed by atoms with E-state index in [4.69, 9.17) is 0 Å². The Balaban J connectivity index is 1.76. The van der Waals surface area contributed by atoms with Gasteiger partial charge in [-0.15, -0.1) is 22.7 Å². The highest BCUT2D eigenvalue weighted by Crippen LogP contribution is 2.28. The topological polar surface area (TPSA) is 42.0 Å². The van der Waals surface area contributed by atoms with Gasteiger partial charge in [-0.1, -0.05) is 25.1 Å². The molecule has 0 saturated carbocycles. The number of aryl methyl sites for hydroxylation is 1. The molecule has 0 radical (unpaired) electrons. The number of benzene rings is 1. The largest absolute Gasteiger partial charge is 0.321 e. The fraction of sp³-hybridized carbons (Fsp3) is 0.125. The van der Waals surface area contributed by atoms with Gasteiger partial charge in [0.15, 0.2) is 0 Å². The quantitative estimate of drug-likeness (QED) is 0.759. The molecule has 2 heterocycles. The smallest absolute Gasteiger partial charge is 0.275 e. The molecule has 0 bridgehead atoms. The molecule has 21 heavy (non-hydrogen) atoms. The van der Waals surface area contributed by atoms with Gasteiger partial charge in [0, 0.05) is 11.1 Å². The van der Waals surface area contributed by atoms with Crippen LogP contribution in [0.15, 0.2) is 47.2 Å². The Morgan fingerprint density at radius 3 is 2.90 bits per heavy atom. The van der Waals surface area contributed by atoms with Crippen molar-refractivity contribution in [3.63, 3.8) is 0 Å². The molecule has 0 aliphatic heterocycles. The van der Waals surface area contributed by atoms with Crippen molar-refractivity contribution < 1.29 is 4.79 Å². The Morgan fingerprint density at radius 2 is 2.14 bits per heavy atom. The number of amides is 1. The van der Waals surface area contributed by atoms with Crippen LogP contribution in [0, 0.1) is 0 Å². The van der Waals surface area contributed by atoms with Crippen LogP contribution in [0.1, 0.15) is 23.0 Å².